The van der Waals surface area contributed by atoms with Crippen LogP contribution in [0.2, 0.25) is 0 Å². The van der Waals surface area contributed by atoms with E-state index < -0.39 is 0 Å². The summed E-state index contributed by atoms with van der Waals surface area (Å²) in [4.78, 5) is 2.13. The molecule has 1 saturated heterocycles. The standard InChI is InChI=1S/C12H17FN2/c1-9-3-4-11(13)12(10(9)2)15-7-5-14-6-8-15/h3-4,14H,5-8H2,1-2H3. The second-order valence-corrected chi connectivity index (χ2v) is 4.07. The maximum atomic E-state index is 13.8. The van der Waals surface area contributed by atoms with Crippen molar-refractivity contribution in [2.24, 2.45) is 0 Å². The molecule has 1 heterocycles. The van der Waals surface area contributed by atoms with Gasteiger partial charge in [0.1, 0.15) is 5.82 Å². The Morgan fingerprint density at radius 1 is 1.20 bits per heavy atom. The summed E-state index contributed by atoms with van der Waals surface area (Å²) >= 11 is 0. The van der Waals surface area contributed by atoms with Gasteiger partial charge in [-0.2, -0.15) is 0 Å². The summed E-state index contributed by atoms with van der Waals surface area (Å²) < 4.78 is 13.8. The molecule has 15 heavy (non-hydrogen) atoms. The number of nitrogens with zero attached hydrogens (tertiary/aromatic N) is 1. The smallest absolute Gasteiger partial charge is 0.146 e. The number of benzene rings is 1. The molecule has 0 atom stereocenters. The Bertz CT molecular complexity index is 357. The van der Waals surface area contributed by atoms with Crippen molar-refractivity contribution in [3.8, 4) is 0 Å². The van der Waals surface area contributed by atoms with Crippen LogP contribution in [0.5, 0.6) is 0 Å². The lowest BCUT2D eigenvalue weighted by atomic mass is 10.1. The van der Waals surface area contributed by atoms with Crippen LogP contribution in [-0.2, 0) is 0 Å². The number of rotatable bonds is 1. The highest BCUT2D eigenvalue weighted by Crippen LogP contribution is 2.26. The van der Waals surface area contributed by atoms with E-state index in [-0.39, 0.29) is 5.82 Å². The van der Waals surface area contributed by atoms with E-state index in [2.05, 4.69) is 10.2 Å². The molecule has 0 aliphatic carbocycles. The number of halogens is 1. The lowest BCUT2D eigenvalue weighted by Crippen LogP contribution is -2.44. The number of hydrogen-bond donors (Lipinski definition) is 1. The molecule has 1 aliphatic rings. The van der Waals surface area contributed by atoms with Gasteiger partial charge < -0.3 is 10.2 Å². The minimum atomic E-state index is -0.0972. The average Bonchev–Trinajstić information content (AvgIpc) is 2.26. The van der Waals surface area contributed by atoms with Crippen molar-refractivity contribution in [2.45, 2.75) is 13.8 Å². The van der Waals surface area contributed by atoms with Crippen molar-refractivity contribution >= 4 is 5.69 Å². The van der Waals surface area contributed by atoms with E-state index in [4.69, 9.17) is 0 Å². The molecule has 0 unspecified atom stereocenters. The maximum absolute atomic E-state index is 13.8. The first-order valence-corrected chi connectivity index (χ1v) is 5.41. The van der Waals surface area contributed by atoms with Crippen molar-refractivity contribution in [3.05, 3.63) is 29.1 Å². The first-order valence-electron chi connectivity index (χ1n) is 5.41. The highest BCUT2D eigenvalue weighted by atomic mass is 19.1. The Balaban J connectivity index is 2.36. The van der Waals surface area contributed by atoms with Gasteiger partial charge in [-0.1, -0.05) is 6.07 Å². The van der Waals surface area contributed by atoms with Crippen molar-refractivity contribution in [1.82, 2.24) is 5.32 Å². The SMILES string of the molecule is Cc1ccc(F)c(N2CCNCC2)c1C. The molecule has 82 valence electrons. The van der Waals surface area contributed by atoms with Gasteiger partial charge in [-0.05, 0) is 31.0 Å². The zero-order chi connectivity index (χ0) is 10.8. The molecule has 3 heteroatoms. The van der Waals surface area contributed by atoms with E-state index in [0.717, 1.165) is 43.0 Å². The summed E-state index contributed by atoms with van der Waals surface area (Å²) in [6.07, 6.45) is 0. The van der Waals surface area contributed by atoms with Crippen molar-refractivity contribution < 1.29 is 4.39 Å². The van der Waals surface area contributed by atoms with Crippen molar-refractivity contribution in [1.29, 1.82) is 0 Å². The van der Waals surface area contributed by atoms with Gasteiger partial charge in [-0.3, -0.25) is 0 Å². The van der Waals surface area contributed by atoms with Crippen LogP contribution in [0, 0.1) is 19.7 Å². The summed E-state index contributed by atoms with van der Waals surface area (Å²) in [7, 11) is 0. The van der Waals surface area contributed by atoms with Gasteiger partial charge in [-0.25, -0.2) is 4.39 Å². The quantitative estimate of drug-likeness (QED) is 0.757. The van der Waals surface area contributed by atoms with Crippen LogP contribution < -0.4 is 10.2 Å². The fraction of sp³-hybridized carbons (Fsp3) is 0.500. The molecule has 1 fully saturated rings. The van der Waals surface area contributed by atoms with Gasteiger partial charge in [0.25, 0.3) is 0 Å². The molecule has 0 aromatic heterocycles. The Hall–Kier alpha value is -1.09. The first-order chi connectivity index (χ1) is 7.20. The number of anilines is 1. The number of aryl methyl sites for hydroxylation is 1. The van der Waals surface area contributed by atoms with Crippen molar-refractivity contribution in [3.63, 3.8) is 0 Å². The van der Waals surface area contributed by atoms with E-state index in [9.17, 15) is 4.39 Å². The molecule has 0 amide bonds. The van der Waals surface area contributed by atoms with E-state index in [0.29, 0.717) is 0 Å². The molecule has 1 aromatic carbocycles. The molecule has 2 rings (SSSR count). The third-order valence-corrected chi connectivity index (χ3v) is 3.09. The van der Waals surface area contributed by atoms with Crippen molar-refractivity contribution in [2.75, 3.05) is 31.1 Å². The minimum Gasteiger partial charge on any atom is -0.366 e. The van der Waals surface area contributed by atoms with Gasteiger partial charge in [0, 0.05) is 26.2 Å². The zero-order valence-electron chi connectivity index (χ0n) is 9.31. The fourth-order valence-corrected chi connectivity index (χ4v) is 2.04. The summed E-state index contributed by atoms with van der Waals surface area (Å²) in [6, 6.07) is 3.41. The van der Waals surface area contributed by atoms with Gasteiger partial charge >= 0.3 is 0 Å². The third-order valence-electron chi connectivity index (χ3n) is 3.09. The van der Waals surface area contributed by atoms with Crippen LogP contribution in [0.25, 0.3) is 0 Å². The normalized spacial score (nSPS) is 16.9. The summed E-state index contributed by atoms with van der Waals surface area (Å²) in [6.45, 7) is 7.68. The van der Waals surface area contributed by atoms with Crippen LogP contribution in [0.4, 0.5) is 10.1 Å². The lowest BCUT2D eigenvalue weighted by Gasteiger charge is -2.31. The molecule has 0 bridgehead atoms. The Kier molecular flexibility index (Phi) is 2.91. The number of nitrogens with one attached hydrogen (secondary N) is 1. The third kappa shape index (κ3) is 1.97. The topological polar surface area (TPSA) is 15.3 Å². The summed E-state index contributed by atoms with van der Waals surface area (Å²) in [5.74, 6) is -0.0972. The second kappa shape index (κ2) is 4.19. The van der Waals surface area contributed by atoms with E-state index in [1.54, 1.807) is 6.07 Å². The minimum absolute atomic E-state index is 0.0972. The predicted molar refractivity (Wildman–Crippen MR) is 61.0 cm³/mol. The monoisotopic (exact) mass is 208 g/mol. The van der Waals surface area contributed by atoms with Gasteiger partial charge in [0.05, 0.1) is 5.69 Å². The van der Waals surface area contributed by atoms with E-state index in [1.165, 1.54) is 0 Å². The number of piperazine rings is 1. The highest BCUT2D eigenvalue weighted by molar-refractivity contribution is 5.57. The second-order valence-electron chi connectivity index (χ2n) is 4.07. The average molecular weight is 208 g/mol. The molecule has 1 N–H and O–H groups in total. The molecule has 0 spiro atoms. The van der Waals surface area contributed by atoms with Crippen LogP contribution in [0.1, 0.15) is 11.1 Å². The Labute approximate surface area is 90.1 Å². The maximum Gasteiger partial charge on any atom is 0.146 e. The van der Waals surface area contributed by atoms with Crippen LogP contribution >= 0.6 is 0 Å². The van der Waals surface area contributed by atoms with Crippen LogP contribution in [0.15, 0.2) is 12.1 Å². The number of hydrogen-bond acceptors (Lipinski definition) is 2. The fourth-order valence-electron chi connectivity index (χ4n) is 2.04. The van der Waals surface area contributed by atoms with Gasteiger partial charge in [0.2, 0.25) is 0 Å². The Morgan fingerprint density at radius 3 is 2.53 bits per heavy atom. The summed E-state index contributed by atoms with van der Waals surface area (Å²) in [5, 5.41) is 3.27. The first kappa shape index (κ1) is 10.4. The molecule has 2 nitrogen and oxygen atoms in total. The zero-order valence-corrected chi connectivity index (χ0v) is 9.31. The summed E-state index contributed by atoms with van der Waals surface area (Å²) in [5.41, 5.74) is 3.01. The predicted octanol–water partition coefficient (Wildman–Crippen LogP) is 1.85. The van der Waals surface area contributed by atoms with E-state index >= 15 is 0 Å². The van der Waals surface area contributed by atoms with Crippen LogP contribution in [0.3, 0.4) is 0 Å². The van der Waals surface area contributed by atoms with E-state index in [1.807, 2.05) is 19.9 Å². The Morgan fingerprint density at radius 2 is 1.87 bits per heavy atom. The molecular weight excluding hydrogens is 191 g/mol. The molecule has 0 saturated carbocycles. The molecule has 0 radical (unpaired) electrons. The molecule has 1 aromatic rings. The van der Waals surface area contributed by atoms with Gasteiger partial charge in [-0.15, -0.1) is 0 Å². The van der Waals surface area contributed by atoms with Gasteiger partial charge in [0.15, 0.2) is 0 Å². The lowest BCUT2D eigenvalue weighted by molar-refractivity contribution is 0.564. The molecule has 1 aliphatic heterocycles. The van der Waals surface area contributed by atoms with Crippen LogP contribution in [-0.4, -0.2) is 26.2 Å². The largest absolute Gasteiger partial charge is 0.366 e. The molecular formula is C12H17FN2. The highest BCUT2D eigenvalue weighted by Gasteiger charge is 2.17.